The van der Waals surface area contributed by atoms with Crippen LogP contribution in [-0.4, -0.2) is 15.8 Å². The molecule has 1 rings (SSSR count). The van der Waals surface area contributed by atoms with Crippen molar-refractivity contribution in [2.24, 2.45) is 0 Å². The lowest BCUT2D eigenvalue weighted by Gasteiger charge is -2.23. The van der Waals surface area contributed by atoms with Gasteiger partial charge in [0.15, 0.2) is 0 Å². The molecule has 16 heavy (non-hydrogen) atoms. The van der Waals surface area contributed by atoms with Gasteiger partial charge in [-0.15, -0.1) is 4.72 Å². The minimum absolute atomic E-state index is 0.195. The Morgan fingerprint density at radius 3 is 2.31 bits per heavy atom. The van der Waals surface area contributed by atoms with Gasteiger partial charge in [-0.1, -0.05) is 28.1 Å². The summed E-state index contributed by atoms with van der Waals surface area (Å²) in [5.41, 5.74) is 1.25. The quantitative estimate of drug-likeness (QED) is 0.868. The molecule has 90 valence electrons. The first-order valence-corrected chi connectivity index (χ1v) is 7.24. The highest BCUT2D eigenvalue weighted by atomic mass is 79.9. The average Bonchev–Trinajstić information content (AvgIpc) is 2.19. The number of halogens is 1. The van der Waals surface area contributed by atoms with Crippen LogP contribution in [0.1, 0.15) is 26.3 Å². The van der Waals surface area contributed by atoms with Gasteiger partial charge in [-0.3, -0.25) is 0 Å². The lowest BCUT2D eigenvalue weighted by atomic mass is 10.2. The molecule has 0 aliphatic heterocycles. The Bertz CT molecular complexity index is 321. The first-order valence-electron chi connectivity index (χ1n) is 5.29. The number of benzene rings is 1. The standard InChI is InChI=1S/C12H18BrNOS/c1-12(2,3)16(15)14-9-8-10-4-6-11(13)7-5-10/h4-7,14H,8-9H2,1-3H3/t16-/m0/s1. The lowest BCUT2D eigenvalue weighted by molar-refractivity contribution is 0.544. The maximum Gasteiger partial charge on any atom is 0.136 e. The van der Waals surface area contributed by atoms with E-state index in [0.717, 1.165) is 17.4 Å². The predicted octanol–water partition coefficient (Wildman–Crippen LogP) is 3.04. The van der Waals surface area contributed by atoms with Crippen LogP contribution in [0.2, 0.25) is 0 Å². The summed E-state index contributed by atoms with van der Waals surface area (Å²) in [4.78, 5) is 0. The Kier molecular flexibility index (Phi) is 5.31. The van der Waals surface area contributed by atoms with Gasteiger partial charge in [-0.2, -0.15) is 0 Å². The molecule has 0 amide bonds. The molecule has 0 heterocycles. The summed E-state index contributed by atoms with van der Waals surface area (Å²) in [6.45, 7) is 6.65. The number of rotatable bonds is 4. The van der Waals surface area contributed by atoms with Gasteiger partial charge in [0, 0.05) is 22.4 Å². The van der Waals surface area contributed by atoms with Crippen molar-refractivity contribution in [2.45, 2.75) is 31.9 Å². The summed E-state index contributed by atoms with van der Waals surface area (Å²) in [6, 6.07) is 8.20. The molecule has 0 radical (unpaired) electrons. The molecule has 1 N–H and O–H groups in total. The Morgan fingerprint density at radius 2 is 1.81 bits per heavy atom. The highest BCUT2D eigenvalue weighted by Crippen LogP contribution is 2.13. The Morgan fingerprint density at radius 1 is 1.25 bits per heavy atom. The van der Waals surface area contributed by atoms with Crippen LogP contribution >= 0.6 is 15.9 Å². The Balaban J connectivity index is 2.33. The van der Waals surface area contributed by atoms with E-state index >= 15 is 0 Å². The molecular weight excluding hydrogens is 286 g/mol. The van der Waals surface area contributed by atoms with Gasteiger partial charge in [0.25, 0.3) is 0 Å². The van der Waals surface area contributed by atoms with Gasteiger partial charge in [0.1, 0.15) is 4.75 Å². The monoisotopic (exact) mass is 303 g/mol. The van der Waals surface area contributed by atoms with Crippen molar-refractivity contribution in [3.63, 3.8) is 0 Å². The van der Waals surface area contributed by atoms with E-state index in [4.69, 9.17) is 0 Å². The number of nitrogens with one attached hydrogen (secondary N) is 1. The minimum Gasteiger partial charge on any atom is -0.598 e. The zero-order valence-electron chi connectivity index (χ0n) is 9.92. The smallest absolute Gasteiger partial charge is 0.136 e. The number of hydrogen-bond acceptors (Lipinski definition) is 2. The van der Waals surface area contributed by atoms with Crippen molar-refractivity contribution in [2.75, 3.05) is 6.54 Å². The molecule has 0 saturated heterocycles. The van der Waals surface area contributed by atoms with Gasteiger partial charge in [0.05, 0.1) is 0 Å². The SMILES string of the molecule is CC(C)(C)[S@+]([O-])NCCc1ccc(Br)cc1. The molecule has 1 aromatic carbocycles. The van der Waals surface area contributed by atoms with E-state index < -0.39 is 11.4 Å². The van der Waals surface area contributed by atoms with E-state index in [1.165, 1.54) is 5.56 Å². The van der Waals surface area contributed by atoms with Crippen LogP contribution in [0.4, 0.5) is 0 Å². The van der Waals surface area contributed by atoms with E-state index in [0.29, 0.717) is 0 Å². The lowest BCUT2D eigenvalue weighted by Crippen LogP contribution is -2.40. The van der Waals surface area contributed by atoms with Crippen molar-refractivity contribution in [1.29, 1.82) is 0 Å². The van der Waals surface area contributed by atoms with Crippen molar-refractivity contribution >= 4 is 27.3 Å². The van der Waals surface area contributed by atoms with Crippen LogP contribution in [0.5, 0.6) is 0 Å². The fraction of sp³-hybridized carbons (Fsp3) is 0.500. The van der Waals surface area contributed by atoms with Crippen molar-refractivity contribution in [3.8, 4) is 0 Å². The molecule has 0 aromatic heterocycles. The molecule has 2 nitrogen and oxygen atoms in total. The normalized spacial score (nSPS) is 13.8. The molecule has 4 heteroatoms. The third-order valence-corrected chi connectivity index (χ3v) is 4.22. The molecule has 0 aliphatic rings. The largest absolute Gasteiger partial charge is 0.598 e. The second-order valence-electron chi connectivity index (χ2n) is 4.65. The molecule has 0 bridgehead atoms. The number of hydrogen-bond donors (Lipinski definition) is 1. The highest BCUT2D eigenvalue weighted by Gasteiger charge is 2.25. The summed E-state index contributed by atoms with van der Waals surface area (Å²) in [7, 11) is 0. The van der Waals surface area contributed by atoms with Crippen molar-refractivity contribution < 1.29 is 4.55 Å². The van der Waals surface area contributed by atoms with E-state index in [2.05, 4.69) is 32.8 Å². The maximum absolute atomic E-state index is 11.7. The zero-order valence-corrected chi connectivity index (χ0v) is 12.3. The first kappa shape index (κ1) is 14.0. The molecule has 1 aromatic rings. The molecule has 0 unspecified atom stereocenters. The van der Waals surface area contributed by atoms with Gasteiger partial charge in [-0.05, 0) is 44.9 Å². The minimum atomic E-state index is -0.975. The summed E-state index contributed by atoms with van der Waals surface area (Å²) < 4.78 is 15.6. The summed E-state index contributed by atoms with van der Waals surface area (Å²) in [6.07, 6.45) is 0.898. The zero-order chi connectivity index (χ0) is 12.2. The summed E-state index contributed by atoms with van der Waals surface area (Å²) in [5, 5.41) is 0. The van der Waals surface area contributed by atoms with Gasteiger partial charge in [0.2, 0.25) is 0 Å². The van der Waals surface area contributed by atoms with E-state index in [1.54, 1.807) is 0 Å². The maximum atomic E-state index is 11.7. The fourth-order valence-corrected chi connectivity index (χ4v) is 2.14. The van der Waals surface area contributed by atoms with Crippen LogP contribution < -0.4 is 4.72 Å². The summed E-state index contributed by atoms with van der Waals surface area (Å²) in [5.74, 6) is 0. The summed E-state index contributed by atoms with van der Waals surface area (Å²) >= 11 is 2.42. The molecule has 0 aliphatic carbocycles. The highest BCUT2D eigenvalue weighted by molar-refractivity contribution is 9.10. The third kappa shape index (κ3) is 4.87. The second-order valence-corrected chi connectivity index (χ2v) is 7.62. The van der Waals surface area contributed by atoms with Crippen LogP contribution in [0.25, 0.3) is 0 Å². The topological polar surface area (TPSA) is 35.1 Å². The average molecular weight is 304 g/mol. The van der Waals surface area contributed by atoms with Crippen molar-refractivity contribution in [3.05, 3.63) is 34.3 Å². The Hall–Kier alpha value is -0.0300. The van der Waals surface area contributed by atoms with Gasteiger partial charge < -0.3 is 4.55 Å². The predicted molar refractivity (Wildman–Crippen MR) is 73.7 cm³/mol. The van der Waals surface area contributed by atoms with Gasteiger partial charge >= 0.3 is 0 Å². The van der Waals surface area contributed by atoms with Crippen LogP contribution in [-0.2, 0) is 17.8 Å². The van der Waals surface area contributed by atoms with Crippen LogP contribution in [0.15, 0.2) is 28.7 Å². The van der Waals surface area contributed by atoms with Gasteiger partial charge in [-0.25, -0.2) is 0 Å². The molecule has 0 fully saturated rings. The van der Waals surface area contributed by atoms with Crippen molar-refractivity contribution in [1.82, 2.24) is 4.72 Å². The van der Waals surface area contributed by atoms with Crippen LogP contribution in [0, 0.1) is 0 Å². The van der Waals surface area contributed by atoms with E-state index in [9.17, 15) is 4.55 Å². The van der Waals surface area contributed by atoms with E-state index in [1.807, 2.05) is 32.9 Å². The van der Waals surface area contributed by atoms with Crippen LogP contribution in [0.3, 0.4) is 0 Å². The third-order valence-electron chi connectivity index (χ3n) is 2.12. The first-order chi connectivity index (χ1) is 7.39. The Labute approximate surface area is 109 Å². The van der Waals surface area contributed by atoms with E-state index in [-0.39, 0.29) is 4.75 Å². The molecule has 0 saturated carbocycles. The molecular formula is C12H18BrNOS. The second kappa shape index (κ2) is 6.05. The molecule has 1 atom stereocenters. The fourth-order valence-electron chi connectivity index (χ4n) is 1.16. The molecule has 0 spiro atoms.